The summed E-state index contributed by atoms with van der Waals surface area (Å²) in [5, 5.41) is 10.4. The predicted octanol–water partition coefficient (Wildman–Crippen LogP) is 3.77. The van der Waals surface area contributed by atoms with Crippen LogP contribution < -0.4 is 14.5 Å². The lowest BCUT2D eigenvalue weighted by Crippen LogP contribution is -2.33. The maximum Gasteiger partial charge on any atom is 0.301 e. The fraction of sp³-hybridized carbons (Fsp3) is 0.304. The van der Waals surface area contributed by atoms with E-state index in [1.165, 1.54) is 7.11 Å². The number of benzene rings is 2. The van der Waals surface area contributed by atoms with Gasteiger partial charge in [0.25, 0.3) is 5.91 Å². The summed E-state index contributed by atoms with van der Waals surface area (Å²) in [5.41, 5.74) is 1.86. The molecule has 1 N–H and O–H groups in total. The summed E-state index contributed by atoms with van der Waals surface area (Å²) in [7, 11) is 1.48. The summed E-state index contributed by atoms with van der Waals surface area (Å²) >= 11 is 0. The summed E-state index contributed by atoms with van der Waals surface area (Å²) < 4.78 is 5.29. The average Bonchev–Trinajstić information content (AvgIpc) is 2.97. The third kappa shape index (κ3) is 3.35. The molecule has 0 unspecified atom stereocenters. The molecule has 4 rings (SSSR count). The molecule has 0 saturated carbocycles. The smallest absolute Gasteiger partial charge is 0.301 e. The molecule has 0 aliphatic carbocycles. The lowest BCUT2D eigenvalue weighted by molar-refractivity contribution is -0.121. The third-order valence-electron chi connectivity index (χ3n) is 5.69. The quantitative estimate of drug-likeness (QED) is 0.802. The van der Waals surface area contributed by atoms with Gasteiger partial charge < -0.3 is 14.7 Å². The van der Waals surface area contributed by atoms with E-state index in [2.05, 4.69) is 11.8 Å². The van der Waals surface area contributed by atoms with Gasteiger partial charge in [-0.25, -0.2) is 4.90 Å². The van der Waals surface area contributed by atoms with Crippen LogP contribution in [0.15, 0.2) is 54.3 Å². The van der Waals surface area contributed by atoms with Gasteiger partial charge in [-0.1, -0.05) is 25.1 Å². The van der Waals surface area contributed by atoms with Gasteiger partial charge in [0.1, 0.15) is 5.75 Å². The number of aliphatic hydroxyl groups is 1. The number of carbonyl (C=O) groups excluding carboxylic acids is 2. The van der Waals surface area contributed by atoms with Crippen molar-refractivity contribution in [3.8, 4) is 5.75 Å². The van der Waals surface area contributed by atoms with Gasteiger partial charge in [-0.2, -0.15) is 0 Å². The van der Waals surface area contributed by atoms with E-state index in [9.17, 15) is 14.7 Å². The van der Waals surface area contributed by atoms with Crippen LogP contribution >= 0.6 is 0 Å². The second kappa shape index (κ2) is 7.62. The van der Waals surface area contributed by atoms with E-state index in [-0.39, 0.29) is 5.57 Å². The van der Waals surface area contributed by atoms with Crippen molar-refractivity contribution in [1.29, 1.82) is 0 Å². The SMILES string of the molecule is COc1ccccc1C1=C(O)C(=O)N(c2ccc(N3CCC(C)CC3)cc2)C1=O. The second-order valence-electron chi connectivity index (χ2n) is 7.56. The number of amides is 2. The maximum absolute atomic E-state index is 13.0. The van der Waals surface area contributed by atoms with Crippen molar-refractivity contribution in [1.82, 2.24) is 0 Å². The number of aliphatic hydroxyl groups excluding tert-OH is 1. The highest BCUT2D eigenvalue weighted by atomic mass is 16.5. The van der Waals surface area contributed by atoms with Gasteiger partial charge in [0.15, 0.2) is 5.76 Å². The standard InChI is InChI=1S/C23H24N2O4/c1-15-11-13-24(14-12-15)16-7-9-17(10-8-16)25-22(27)20(21(26)23(25)28)18-5-3-4-6-19(18)29-2/h3-10,15,26H,11-14H2,1-2H3. The van der Waals surface area contributed by atoms with Gasteiger partial charge in [-0.3, -0.25) is 9.59 Å². The molecule has 2 amide bonds. The molecule has 6 heteroatoms. The van der Waals surface area contributed by atoms with Gasteiger partial charge in [0.05, 0.1) is 18.4 Å². The monoisotopic (exact) mass is 392 g/mol. The molecule has 1 saturated heterocycles. The molecule has 2 aromatic rings. The highest BCUT2D eigenvalue weighted by Crippen LogP contribution is 2.36. The van der Waals surface area contributed by atoms with E-state index in [0.717, 1.165) is 42.4 Å². The lowest BCUT2D eigenvalue weighted by Gasteiger charge is -2.32. The summed E-state index contributed by atoms with van der Waals surface area (Å²) in [5.74, 6) is -0.680. The van der Waals surface area contributed by atoms with Crippen LogP contribution in [0.2, 0.25) is 0 Å². The molecular formula is C23H24N2O4. The van der Waals surface area contributed by atoms with Gasteiger partial charge in [0.2, 0.25) is 0 Å². The van der Waals surface area contributed by atoms with E-state index in [0.29, 0.717) is 17.0 Å². The summed E-state index contributed by atoms with van der Waals surface area (Å²) in [4.78, 5) is 29.0. The van der Waals surface area contributed by atoms with Gasteiger partial charge in [0, 0.05) is 24.3 Å². The Bertz CT molecular complexity index is 973. The van der Waals surface area contributed by atoms with Crippen molar-refractivity contribution in [2.75, 3.05) is 30.0 Å². The van der Waals surface area contributed by atoms with Crippen LogP contribution in [0.4, 0.5) is 11.4 Å². The van der Waals surface area contributed by atoms with E-state index in [1.54, 1.807) is 36.4 Å². The minimum Gasteiger partial charge on any atom is -0.502 e. The molecule has 6 nitrogen and oxygen atoms in total. The van der Waals surface area contributed by atoms with E-state index in [1.807, 2.05) is 12.1 Å². The number of hydrogen-bond acceptors (Lipinski definition) is 5. The number of para-hydroxylation sites is 1. The number of anilines is 2. The van der Waals surface area contributed by atoms with E-state index in [4.69, 9.17) is 4.74 Å². The van der Waals surface area contributed by atoms with Crippen LogP contribution in [0.5, 0.6) is 5.75 Å². The molecule has 0 bridgehead atoms. The third-order valence-corrected chi connectivity index (χ3v) is 5.69. The van der Waals surface area contributed by atoms with Crippen molar-refractivity contribution >= 4 is 28.8 Å². The van der Waals surface area contributed by atoms with Crippen molar-refractivity contribution in [3.05, 3.63) is 59.9 Å². The number of piperidine rings is 1. The topological polar surface area (TPSA) is 70.1 Å². The highest BCUT2D eigenvalue weighted by Gasteiger charge is 2.41. The number of methoxy groups -OCH3 is 1. The zero-order chi connectivity index (χ0) is 20.5. The Hall–Kier alpha value is -3.28. The molecule has 0 aromatic heterocycles. The van der Waals surface area contributed by atoms with Crippen LogP contribution in [-0.2, 0) is 9.59 Å². The number of nitrogens with zero attached hydrogens (tertiary/aromatic N) is 2. The first-order valence-electron chi connectivity index (χ1n) is 9.81. The number of carbonyl (C=O) groups is 2. The maximum atomic E-state index is 13.0. The fourth-order valence-corrected chi connectivity index (χ4v) is 3.93. The Morgan fingerprint density at radius 1 is 0.931 bits per heavy atom. The number of imide groups is 1. The molecular weight excluding hydrogens is 368 g/mol. The van der Waals surface area contributed by atoms with Crippen molar-refractivity contribution in [3.63, 3.8) is 0 Å². The molecule has 2 aromatic carbocycles. The Morgan fingerprint density at radius 3 is 2.21 bits per heavy atom. The van der Waals surface area contributed by atoms with Crippen molar-refractivity contribution in [2.24, 2.45) is 5.92 Å². The van der Waals surface area contributed by atoms with E-state index < -0.39 is 17.6 Å². The molecule has 2 aliphatic rings. The van der Waals surface area contributed by atoms with E-state index >= 15 is 0 Å². The fourth-order valence-electron chi connectivity index (χ4n) is 3.93. The van der Waals surface area contributed by atoms with Crippen molar-refractivity contribution < 1.29 is 19.4 Å². The lowest BCUT2D eigenvalue weighted by atomic mass is 9.99. The van der Waals surface area contributed by atoms with Gasteiger partial charge in [-0.15, -0.1) is 0 Å². The van der Waals surface area contributed by atoms with Crippen LogP contribution in [0.25, 0.3) is 5.57 Å². The Kier molecular flexibility index (Phi) is 5.01. The van der Waals surface area contributed by atoms with Crippen LogP contribution in [0.1, 0.15) is 25.3 Å². The largest absolute Gasteiger partial charge is 0.502 e. The summed E-state index contributed by atoms with van der Waals surface area (Å²) in [6.07, 6.45) is 2.32. The first-order valence-corrected chi connectivity index (χ1v) is 9.81. The Balaban J connectivity index is 1.60. The minimum atomic E-state index is -0.726. The molecule has 2 heterocycles. The first kappa shape index (κ1) is 19.1. The normalized spacial score (nSPS) is 18.0. The van der Waals surface area contributed by atoms with Crippen LogP contribution in [-0.4, -0.2) is 37.1 Å². The average molecular weight is 392 g/mol. The number of ether oxygens (including phenoxy) is 1. The molecule has 0 atom stereocenters. The highest BCUT2D eigenvalue weighted by molar-refractivity contribution is 6.45. The summed E-state index contributed by atoms with van der Waals surface area (Å²) in [6, 6.07) is 14.2. The zero-order valence-corrected chi connectivity index (χ0v) is 16.6. The summed E-state index contributed by atoms with van der Waals surface area (Å²) in [6.45, 7) is 4.27. The van der Waals surface area contributed by atoms with Crippen LogP contribution in [0.3, 0.4) is 0 Å². The molecule has 0 radical (unpaired) electrons. The minimum absolute atomic E-state index is 0.0402. The van der Waals surface area contributed by atoms with Crippen LogP contribution in [0, 0.1) is 5.92 Å². The zero-order valence-electron chi connectivity index (χ0n) is 16.6. The first-order chi connectivity index (χ1) is 14.0. The molecule has 1 fully saturated rings. The molecule has 0 spiro atoms. The second-order valence-corrected chi connectivity index (χ2v) is 7.56. The van der Waals surface area contributed by atoms with Gasteiger partial charge >= 0.3 is 5.91 Å². The number of hydrogen-bond donors (Lipinski definition) is 1. The molecule has 150 valence electrons. The Labute approximate surface area is 170 Å². The predicted molar refractivity (Wildman–Crippen MR) is 112 cm³/mol. The molecule has 29 heavy (non-hydrogen) atoms. The van der Waals surface area contributed by atoms with Gasteiger partial charge in [-0.05, 0) is 49.1 Å². The van der Waals surface area contributed by atoms with Crippen molar-refractivity contribution in [2.45, 2.75) is 19.8 Å². The number of rotatable bonds is 4. The molecule has 2 aliphatic heterocycles. The Morgan fingerprint density at radius 2 is 1.55 bits per heavy atom.